The van der Waals surface area contributed by atoms with Crippen molar-refractivity contribution < 1.29 is 18.0 Å². The molecule has 0 aliphatic rings. The fraction of sp³-hybridized carbons (Fsp3) is 0.429. The predicted octanol–water partition coefficient (Wildman–Crippen LogP) is 2.67. The van der Waals surface area contributed by atoms with Crippen LogP contribution in [0.1, 0.15) is 27.3 Å². The molecule has 0 bridgehead atoms. The molecule has 0 aliphatic carbocycles. The van der Waals surface area contributed by atoms with Crippen LogP contribution in [0.5, 0.6) is 0 Å². The summed E-state index contributed by atoms with van der Waals surface area (Å²) in [6.45, 7) is 2.54. The number of thiazole rings is 1. The monoisotopic (exact) mass is 209 g/mol. The Hall–Kier alpha value is -0.910. The van der Waals surface area contributed by atoms with Gasteiger partial charge in [-0.05, 0) is 6.92 Å². The number of ketones is 1. The number of aromatic nitrogens is 1. The van der Waals surface area contributed by atoms with Crippen LogP contribution >= 0.6 is 11.3 Å². The van der Waals surface area contributed by atoms with E-state index in [1.807, 2.05) is 0 Å². The summed E-state index contributed by atoms with van der Waals surface area (Å²) >= 11 is 0.769. The highest BCUT2D eigenvalue weighted by Crippen LogP contribution is 2.34. The second kappa shape index (κ2) is 3.10. The summed E-state index contributed by atoms with van der Waals surface area (Å²) in [5.41, 5.74) is -1.07. The zero-order chi connectivity index (χ0) is 10.2. The smallest absolute Gasteiger partial charge is 0.294 e. The van der Waals surface area contributed by atoms with Crippen molar-refractivity contribution >= 4 is 17.1 Å². The van der Waals surface area contributed by atoms with Gasteiger partial charge in [-0.3, -0.25) is 4.79 Å². The molecule has 0 aromatic carbocycles. The van der Waals surface area contributed by atoms with Crippen LogP contribution in [-0.4, -0.2) is 10.8 Å². The van der Waals surface area contributed by atoms with Crippen LogP contribution in [0, 0.1) is 6.92 Å². The van der Waals surface area contributed by atoms with Crippen molar-refractivity contribution in [1.82, 2.24) is 4.98 Å². The van der Waals surface area contributed by atoms with Gasteiger partial charge < -0.3 is 0 Å². The molecule has 0 amide bonds. The second-order valence-electron chi connectivity index (χ2n) is 2.46. The highest BCUT2D eigenvalue weighted by Gasteiger charge is 2.38. The van der Waals surface area contributed by atoms with Gasteiger partial charge >= 0.3 is 6.18 Å². The van der Waals surface area contributed by atoms with E-state index in [2.05, 4.69) is 4.98 Å². The molecule has 1 rings (SSSR count). The third-order valence-electron chi connectivity index (χ3n) is 1.32. The Labute approximate surface area is 76.4 Å². The summed E-state index contributed by atoms with van der Waals surface area (Å²) in [5.74, 6) is -0.599. The number of Topliss-reactive ketones (excluding diaryl/α,β-unsaturated/α-hetero) is 1. The number of hydrogen-bond donors (Lipinski definition) is 0. The van der Waals surface area contributed by atoms with E-state index < -0.39 is 17.7 Å². The van der Waals surface area contributed by atoms with Gasteiger partial charge in [0.05, 0.1) is 5.01 Å². The van der Waals surface area contributed by atoms with Crippen LogP contribution in [0.25, 0.3) is 0 Å². The number of carbonyl (C=O) groups is 1. The molecule has 13 heavy (non-hydrogen) atoms. The third-order valence-corrected chi connectivity index (χ3v) is 2.39. The molecule has 6 heteroatoms. The minimum atomic E-state index is -4.54. The molecule has 0 aliphatic heterocycles. The lowest BCUT2D eigenvalue weighted by Crippen LogP contribution is -2.10. The van der Waals surface area contributed by atoms with Crippen LogP contribution in [0.3, 0.4) is 0 Å². The number of hydrogen-bond acceptors (Lipinski definition) is 3. The normalized spacial score (nSPS) is 11.8. The van der Waals surface area contributed by atoms with Crippen LogP contribution in [0.2, 0.25) is 0 Å². The zero-order valence-corrected chi connectivity index (χ0v) is 7.71. The molecule has 2 nitrogen and oxygen atoms in total. The lowest BCUT2D eigenvalue weighted by atomic mass is 10.3. The van der Waals surface area contributed by atoms with E-state index in [9.17, 15) is 18.0 Å². The quantitative estimate of drug-likeness (QED) is 0.665. The van der Waals surface area contributed by atoms with Crippen LogP contribution < -0.4 is 0 Å². The zero-order valence-electron chi connectivity index (χ0n) is 6.90. The van der Waals surface area contributed by atoms with Gasteiger partial charge in [0.15, 0.2) is 11.5 Å². The minimum absolute atomic E-state index is 0.248. The van der Waals surface area contributed by atoms with Gasteiger partial charge in [-0.2, -0.15) is 13.2 Å². The first-order valence-electron chi connectivity index (χ1n) is 3.38. The maximum atomic E-state index is 12.2. The summed E-state index contributed by atoms with van der Waals surface area (Å²) < 4.78 is 36.6. The first-order valence-corrected chi connectivity index (χ1v) is 4.19. The molecule has 0 saturated heterocycles. The number of carbonyl (C=O) groups excluding carboxylic acids is 1. The van der Waals surface area contributed by atoms with Gasteiger partial charge in [-0.25, -0.2) is 4.98 Å². The van der Waals surface area contributed by atoms with E-state index in [4.69, 9.17) is 0 Å². The van der Waals surface area contributed by atoms with Crippen LogP contribution in [-0.2, 0) is 6.18 Å². The molecule has 1 aromatic heterocycles. The van der Waals surface area contributed by atoms with Crippen LogP contribution in [0.4, 0.5) is 13.2 Å². The van der Waals surface area contributed by atoms with Gasteiger partial charge in [0.1, 0.15) is 4.88 Å². The second-order valence-corrected chi connectivity index (χ2v) is 3.67. The Morgan fingerprint density at radius 1 is 1.46 bits per heavy atom. The number of rotatable bonds is 1. The average Bonchev–Trinajstić information content (AvgIpc) is 2.29. The Morgan fingerprint density at radius 3 is 2.31 bits per heavy atom. The average molecular weight is 209 g/mol. The molecule has 1 aromatic rings. The summed E-state index contributed by atoms with van der Waals surface area (Å²) in [7, 11) is 0. The molecule has 0 N–H and O–H groups in total. The van der Waals surface area contributed by atoms with Gasteiger partial charge in [0.25, 0.3) is 0 Å². The lowest BCUT2D eigenvalue weighted by Gasteiger charge is -2.02. The van der Waals surface area contributed by atoms with Gasteiger partial charge in [-0.1, -0.05) is 0 Å². The SMILES string of the molecule is CC(=O)c1sc(C)nc1C(F)(F)F. The van der Waals surface area contributed by atoms with E-state index >= 15 is 0 Å². The van der Waals surface area contributed by atoms with Gasteiger partial charge in [-0.15, -0.1) is 11.3 Å². The van der Waals surface area contributed by atoms with E-state index in [1.165, 1.54) is 6.92 Å². The van der Waals surface area contributed by atoms with E-state index in [0.717, 1.165) is 18.3 Å². The van der Waals surface area contributed by atoms with E-state index in [0.29, 0.717) is 0 Å². The molecule has 0 spiro atoms. The minimum Gasteiger partial charge on any atom is -0.294 e. The van der Waals surface area contributed by atoms with Crippen molar-refractivity contribution in [2.24, 2.45) is 0 Å². The lowest BCUT2D eigenvalue weighted by molar-refractivity contribution is -0.141. The molecule has 1 heterocycles. The Kier molecular flexibility index (Phi) is 2.42. The number of nitrogens with zero attached hydrogens (tertiary/aromatic N) is 1. The maximum Gasteiger partial charge on any atom is 0.434 e. The Morgan fingerprint density at radius 2 is 2.00 bits per heavy atom. The Balaban J connectivity index is 3.28. The molecule has 0 fully saturated rings. The summed E-state index contributed by atoms with van der Waals surface area (Å²) in [4.78, 5) is 13.8. The standard InChI is InChI=1S/C7H6F3NOS/c1-3(12)5-6(7(8,9)10)11-4(2)13-5/h1-2H3. The molecule has 72 valence electrons. The van der Waals surface area contributed by atoms with Gasteiger partial charge in [0, 0.05) is 6.92 Å². The molecular formula is C7H6F3NOS. The summed E-state index contributed by atoms with van der Waals surface area (Å²) in [5, 5.41) is 0.248. The van der Waals surface area contributed by atoms with Crippen molar-refractivity contribution in [1.29, 1.82) is 0 Å². The fourth-order valence-electron chi connectivity index (χ4n) is 0.858. The molecule has 0 atom stereocenters. The molecular weight excluding hydrogens is 203 g/mol. The van der Waals surface area contributed by atoms with Crippen LogP contribution in [0.15, 0.2) is 0 Å². The topological polar surface area (TPSA) is 30.0 Å². The van der Waals surface area contributed by atoms with E-state index in [1.54, 1.807) is 0 Å². The summed E-state index contributed by atoms with van der Waals surface area (Å²) in [6, 6.07) is 0. The molecule has 0 saturated carbocycles. The largest absolute Gasteiger partial charge is 0.434 e. The first kappa shape index (κ1) is 10.2. The molecule has 0 radical (unpaired) electrons. The summed E-state index contributed by atoms with van der Waals surface area (Å²) in [6.07, 6.45) is -4.54. The first-order chi connectivity index (χ1) is 5.82. The fourth-order valence-corrected chi connectivity index (χ4v) is 1.69. The van der Waals surface area contributed by atoms with Gasteiger partial charge in [0.2, 0.25) is 0 Å². The number of alkyl halides is 3. The van der Waals surface area contributed by atoms with Crippen molar-refractivity contribution in [2.45, 2.75) is 20.0 Å². The highest BCUT2D eigenvalue weighted by molar-refractivity contribution is 7.13. The predicted molar refractivity (Wildman–Crippen MR) is 41.9 cm³/mol. The Bertz CT molecular complexity index is 342. The van der Waals surface area contributed by atoms with Crippen molar-refractivity contribution in [3.8, 4) is 0 Å². The molecule has 0 unspecified atom stereocenters. The maximum absolute atomic E-state index is 12.2. The van der Waals surface area contributed by atoms with E-state index in [-0.39, 0.29) is 9.88 Å². The van der Waals surface area contributed by atoms with Crippen molar-refractivity contribution in [3.63, 3.8) is 0 Å². The number of aryl methyl sites for hydroxylation is 1. The van der Waals surface area contributed by atoms with Crippen molar-refractivity contribution in [3.05, 3.63) is 15.6 Å². The number of halogens is 3. The highest BCUT2D eigenvalue weighted by atomic mass is 32.1. The van der Waals surface area contributed by atoms with Crippen molar-refractivity contribution in [2.75, 3.05) is 0 Å². The third kappa shape index (κ3) is 2.06.